The maximum Gasteiger partial charge on any atom is 0.318 e. The normalized spacial score (nSPS) is 11.6. The fraction of sp³-hybridized carbons (Fsp3) is 0.385. The van der Waals surface area contributed by atoms with E-state index in [9.17, 15) is 14.9 Å². The molecule has 0 aliphatic heterocycles. The first kappa shape index (κ1) is 16.0. The third kappa shape index (κ3) is 3.48. The van der Waals surface area contributed by atoms with Crippen LogP contribution >= 0.6 is 11.8 Å². The number of aryl methyl sites for hydroxylation is 1. The molecule has 0 bridgehead atoms. The van der Waals surface area contributed by atoms with Crippen molar-refractivity contribution >= 4 is 23.7 Å². The van der Waals surface area contributed by atoms with Gasteiger partial charge in [0.1, 0.15) is 11.1 Å². The number of nitrogens with one attached hydrogen (secondary N) is 1. The Balaban J connectivity index is 3.07. The van der Waals surface area contributed by atoms with Crippen LogP contribution in [0.25, 0.3) is 0 Å². The minimum atomic E-state index is -0.896. The highest BCUT2D eigenvalue weighted by atomic mass is 32.2. The Morgan fingerprint density at radius 3 is 2.45 bits per heavy atom. The van der Waals surface area contributed by atoms with Crippen LogP contribution in [-0.4, -0.2) is 22.2 Å². The van der Waals surface area contributed by atoms with Gasteiger partial charge in [0.15, 0.2) is 0 Å². The Kier molecular flexibility index (Phi) is 5.11. The average molecular weight is 292 g/mol. The maximum atomic E-state index is 11.7. The monoisotopic (exact) mass is 292 g/mol. The SMILES string of the molecule is Cc1nc(S[C@H](C)C(=O)NC(N)=O)c(C#N)c(C)c1C. The first-order valence-electron chi connectivity index (χ1n) is 5.92. The third-order valence-electron chi connectivity index (χ3n) is 2.98. The number of carbonyl (C=O) groups is 2. The van der Waals surface area contributed by atoms with E-state index >= 15 is 0 Å². The van der Waals surface area contributed by atoms with Crippen LogP contribution in [0.5, 0.6) is 0 Å². The summed E-state index contributed by atoms with van der Waals surface area (Å²) < 4.78 is 0. The lowest BCUT2D eigenvalue weighted by molar-refractivity contribution is -0.119. The van der Waals surface area contributed by atoms with Gasteiger partial charge in [-0.1, -0.05) is 11.8 Å². The maximum absolute atomic E-state index is 11.7. The number of primary amides is 1. The van der Waals surface area contributed by atoms with Crippen molar-refractivity contribution in [3.63, 3.8) is 0 Å². The van der Waals surface area contributed by atoms with E-state index in [0.717, 1.165) is 28.6 Å². The molecule has 0 spiro atoms. The Labute approximate surface area is 121 Å². The van der Waals surface area contributed by atoms with Gasteiger partial charge in [0, 0.05) is 5.69 Å². The Morgan fingerprint density at radius 2 is 1.95 bits per heavy atom. The number of hydrogen-bond acceptors (Lipinski definition) is 5. The van der Waals surface area contributed by atoms with Gasteiger partial charge < -0.3 is 5.73 Å². The van der Waals surface area contributed by atoms with Gasteiger partial charge in [0.2, 0.25) is 5.91 Å². The quantitative estimate of drug-likeness (QED) is 0.821. The smallest absolute Gasteiger partial charge is 0.318 e. The molecule has 1 aromatic rings. The van der Waals surface area contributed by atoms with E-state index in [1.54, 1.807) is 6.92 Å². The predicted molar refractivity (Wildman–Crippen MR) is 76.2 cm³/mol. The van der Waals surface area contributed by atoms with Crippen LogP contribution in [-0.2, 0) is 4.79 Å². The molecule has 3 N–H and O–H groups in total. The summed E-state index contributed by atoms with van der Waals surface area (Å²) in [6, 6.07) is 1.21. The molecule has 1 rings (SSSR count). The lowest BCUT2D eigenvalue weighted by Crippen LogP contribution is -2.39. The van der Waals surface area contributed by atoms with E-state index in [4.69, 9.17) is 5.73 Å². The van der Waals surface area contributed by atoms with Gasteiger partial charge in [-0.25, -0.2) is 9.78 Å². The van der Waals surface area contributed by atoms with Gasteiger partial charge in [-0.2, -0.15) is 5.26 Å². The summed E-state index contributed by atoms with van der Waals surface area (Å²) >= 11 is 1.13. The predicted octanol–water partition coefficient (Wildman–Crippen LogP) is 1.55. The lowest BCUT2D eigenvalue weighted by atomic mass is 10.1. The van der Waals surface area contributed by atoms with Gasteiger partial charge in [-0.15, -0.1) is 0 Å². The second-order valence-electron chi connectivity index (χ2n) is 4.35. The molecule has 106 valence electrons. The van der Waals surface area contributed by atoms with Crippen LogP contribution in [0.2, 0.25) is 0 Å². The molecule has 0 saturated heterocycles. The van der Waals surface area contributed by atoms with Gasteiger partial charge in [-0.3, -0.25) is 10.1 Å². The molecule has 1 atom stereocenters. The van der Waals surface area contributed by atoms with Crippen molar-refractivity contribution in [2.24, 2.45) is 5.73 Å². The van der Waals surface area contributed by atoms with Crippen LogP contribution in [0.4, 0.5) is 4.79 Å². The summed E-state index contributed by atoms with van der Waals surface area (Å²) in [7, 11) is 0. The van der Waals surface area contributed by atoms with E-state index in [1.165, 1.54) is 0 Å². The highest BCUT2D eigenvalue weighted by molar-refractivity contribution is 8.00. The number of carbonyl (C=O) groups excluding carboxylic acids is 2. The Hall–Kier alpha value is -2.07. The van der Waals surface area contributed by atoms with Crippen molar-refractivity contribution < 1.29 is 9.59 Å². The fourth-order valence-corrected chi connectivity index (χ4v) is 2.58. The highest BCUT2D eigenvalue weighted by Crippen LogP contribution is 2.29. The van der Waals surface area contributed by atoms with Gasteiger partial charge in [0.25, 0.3) is 0 Å². The largest absolute Gasteiger partial charge is 0.351 e. The Morgan fingerprint density at radius 1 is 1.35 bits per heavy atom. The Bertz CT molecular complexity index is 607. The molecule has 1 heterocycles. The molecule has 0 aliphatic rings. The molecule has 7 heteroatoms. The topological polar surface area (TPSA) is 109 Å². The number of amides is 3. The van der Waals surface area contributed by atoms with Gasteiger partial charge in [0.05, 0.1) is 10.8 Å². The molecular weight excluding hydrogens is 276 g/mol. The zero-order chi connectivity index (χ0) is 15.4. The second kappa shape index (κ2) is 6.39. The summed E-state index contributed by atoms with van der Waals surface area (Å²) in [5.41, 5.74) is 7.98. The van der Waals surface area contributed by atoms with E-state index < -0.39 is 17.2 Å². The second-order valence-corrected chi connectivity index (χ2v) is 5.68. The van der Waals surface area contributed by atoms with Crippen molar-refractivity contribution in [3.05, 3.63) is 22.4 Å². The van der Waals surface area contributed by atoms with Crippen LogP contribution in [0.1, 0.15) is 29.3 Å². The standard InChI is InChI=1S/C13H16N4O2S/c1-6-7(2)10(5-14)12(16-8(6)3)20-9(4)11(18)17-13(15)19/h9H,1-4H3,(H3,15,17,18,19)/t9-/m1/s1. The number of rotatable bonds is 3. The van der Waals surface area contributed by atoms with Crippen LogP contribution < -0.4 is 11.1 Å². The van der Waals surface area contributed by atoms with Crippen molar-refractivity contribution in [1.82, 2.24) is 10.3 Å². The number of nitriles is 1. The zero-order valence-corrected chi connectivity index (χ0v) is 12.6. The van der Waals surface area contributed by atoms with Gasteiger partial charge >= 0.3 is 6.03 Å². The molecule has 0 unspecified atom stereocenters. The van der Waals surface area contributed by atoms with E-state index in [-0.39, 0.29) is 0 Å². The third-order valence-corrected chi connectivity index (χ3v) is 4.07. The minimum Gasteiger partial charge on any atom is -0.351 e. The van der Waals surface area contributed by atoms with E-state index in [0.29, 0.717) is 10.6 Å². The number of imide groups is 1. The number of pyridine rings is 1. The average Bonchev–Trinajstić information content (AvgIpc) is 2.35. The summed E-state index contributed by atoms with van der Waals surface area (Å²) in [5.74, 6) is -0.510. The van der Waals surface area contributed by atoms with E-state index in [2.05, 4.69) is 11.1 Å². The molecule has 0 aliphatic carbocycles. The number of hydrogen-bond donors (Lipinski definition) is 2. The highest BCUT2D eigenvalue weighted by Gasteiger charge is 2.20. The molecule has 0 fully saturated rings. The molecular formula is C13H16N4O2S. The number of thioether (sulfide) groups is 1. The van der Waals surface area contributed by atoms with Crippen LogP contribution in [0.3, 0.4) is 0 Å². The first-order valence-corrected chi connectivity index (χ1v) is 6.80. The van der Waals surface area contributed by atoms with Crippen molar-refractivity contribution in [3.8, 4) is 6.07 Å². The van der Waals surface area contributed by atoms with Gasteiger partial charge in [-0.05, 0) is 38.8 Å². The fourth-order valence-electron chi connectivity index (χ4n) is 1.57. The molecule has 0 radical (unpaired) electrons. The summed E-state index contributed by atoms with van der Waals surface area (Å²) in [5, 5.41) is 11.1. The summed E-state index contributed by atoms with van der Waals surface area (Å²) in [4.78, 5) is 26.7. The van der Waals surface area contributed by atoms with Crippen molar-refractivity contribution in [2.45, 2.75) is 38.0 Å². The van der Waals surface area contributed by atoms with E-state index in [1.807, 2.05) is 26.1 Å². The molecule has 3 amide bonds. The van der Waals surface area contributed by atoms with Crippen molar-refractivity contribution in [1.29, 1.82) is 5.26 Å². The number of nitrogens with two attached hydrogens (primary N) is 1. The summed E-state index contributed by atoms with van der Waals surface area (Å²) in [6.45, 7) is 7.22. The lowest BCUT2D eigenvalue weighted by Gasteiger charge is -2.14. The van der Waals surface area contributed by atoms with Crippen LogP contribution in [0.15, 0.2) is 5.03 Å². The molecule has 0 saturated carbocycles. The molecule has 6 nitrogen and oxygen atoms in total. The first-order chi connectivity index (χ1) is 9.27. The van der Waals surface area contributed by atoms with Crippen molar-refractivity contribution in [2.75, 3.05) is 0 Å². The summed E-state index contributed by atoms with van der Waals surface area (Å²) in [6.07, 6.45) is 0. The molecule has 0 aromatic carbocycles. The molecule has 1 aromatic heterocycles. The zero-order valence-electron chi connectivity index (χ0n) is 11.8. The molecule has 20 heavy (non-hydrogen) atoms. The number of nitrogens with zero attached hydrogens (tertiary/aromatic N) is 2. The number of urea groups is 1. The number of aromatic nitrogens is 1. The minimum absolute atomic E-state index is 0.455. The van der Waals surface area contributed by atoms with Crippen LogP contribution in [0, 0.1) is 32.1 Å².